The van der Waals surface area contributed by atoms with E-state index in [0.717, 1.165) is 18.6 Å². The van der Waals surface area contributed by atoms with Gasteiger partial charge in [0.1, 0.15) is 28.8 Å². The Hall–Kier alpha value is -3.65. The number of hydrogen-bond donors (Lipinski definition) is 0. The van der Waals surface area contributed by atoms with Gasteiger partial charge in [0.25, 0.3) is 5.56 Å². The maximum absolute atomic E-state index is 14.9. The van der Waals surface area contributed by atoms with Gasteiger partial charge in [-0.2, -0.15) is 5.26 Å². The molecule has 0 aliphatic carbocycles. The smallest absolute Gasteiger partial charge is 0.406 e. The number of hydrogen-bond acceptors (Lipinski definition) is 6. The number of ether oxygens (including phenoxy) is 1. The molecular weight excluding hydrogens is 490 g/mol. The van der Waals surface area contributed by atoms with E-state index >= 15 is 0 Å². The van der Waals surface area contributed by atoms with E-state index in [-0.39, 0.29) is 23.3 Å². The van der Waals surface area contributed by atoms with Crippen molar-refractivity contribution < 1.29 is 22.3 Å². The molecule has 1 aliphatic rings. The Morgan fingerprint density at radius 2 is 1.95 bits per heavy atom. The van der Waals surface area contributed by atoms with Gasteiger partial charge < -0.3 is 14.2 Å². The van der Waals surface area contributed by atoms with Crippen molar-refractivity contribution in [2.45, 2.75) is 45.1 Å². The second-order valence-electron chi connectivity index (χ2n) is 9.01. The van der Waals surface area contributed by atoms with Crippen LogP contribution in [0.15, 0.2) is 41.2 Å². The summed E-state index contributed by atoms with van der Waals surface area (Å²) in [6.07, 6.45) is -3.62. The average molecular weight is 518 g/mol. The van der Waals surface area contributed by atoms with E-state index in [1.807, 2.05) is 19.9 Å². The molecule has 0 spiro atoms. The van der Waals surface area contributed by atoms with E-state index in [9.17, 15) is 27.6 Å². The van der Waals surface area contributed by atoms with Crippen molar-refractivity contribution in [1.82, 2.24) is 14.5 Å². The van der Waals surface area contributed by atoms with E-state index in [4.69, 9.17) is 0 Å². The fraction of sp³-hybridized carbons (Fsp3) is 0.423. The summed E-state index contributed by atoms with van der Waals surface area (Å²) < 4.78 is 57.9. The van der Waals surface area contributed by atoms with Gasteiger partial charge in [-0.25, -0.2) is 9.37 Å². The summed E-state index contributed by atoms with van der Waals surface area (Å²) in [5.41, 5.74) is 2.19. The highest BCUT2D eigenvalue weighted by Crippen LogP contribution is 2.34. The number of aromatic nitrogens is 2. The number of rotatable bonds is 6. The molecule has 1 saturated heterocycles. The molecule has 11 heteroatoms. The fourth-order valence-electron chi connectivity index (χ4n) is 5.07. The molecule has 2 atom stereocenters. The van der Waals surface area contributed by atoms with Gasteiger partial charge in [-0.15, -0.1) is 13.2 Å². The van der Waals surface area contributed by atoms with Gasteiger partial charge in [0.15, 0.2) is 0 Å². The number of pyridine rings is 2. The predicted molar refractivity (Wildman–Crippen MR) is 131 cm³/mol. The number of alkyl halides is 3. The number of benzene rings is 1. The molecule has 1 aromatic carbocycles. The maximum atomic E-state index is 14.9. The summed E-state index contributed by atoms with van der Waals surface area (Å²) in [5.74, 6) is -1.35. The van der Waals surface area contributed by atoms with Gasteiger partial charge in [-0.1, -0.05) is 19.9 Å². The molecule has 0 bridgehead atoms. The van der Waals surface area contributed by atoms with E-state index in [0.29, 0.717) is 48.3 Å². The fourth-order valence-corrected chi connectivity index (χ4v) is 5.07. The lowest BCUT2D eigenvalue weighted by molar-refractivity contribution is -0.274. The SMILES string of the molecule is CCC(c1ccc(OC(F)(F)F)cc1F)N1CCN(c2cc(=O)n(C)c3ccc(C#N)nc23)[C@@H](CC)C1. The molecule has 196 valence electrons. The summed E-state index contributed by atoms with van der Waals surface area (Å²) in [7, 11) is 1.66. The van der Waals surface area contributed by atoms with E-state index in [2.05, 4.69) is 19.5 Å². The first-order valence-electron chi connectivity index (χ1n) is 12.0. The maximum Gasteiger partial charge on any atom is 0.573 e. The minimum absolute atomic E-state index is 0.0402. The first-order valence-corrected chi connectivity index (χ1v) is 12.0. The van der Waals surface area contributed by atoms with Crippen LogP contribution in [0.2, 0.25) is 0 Å². The van der Waals surface area contributed by atoms with Crippen LogP contribution in [0.1, 0.15) is 44.0 Å². The molecule has 3 aromatic rings. The number of aryl methyl sites for hydroxylation is 1. The number of piperazine rings is 1. The molecule has 1 unspecified atom stereocenters. The quantitative estimate of drug-likeness (QED) is 0.434. The molecule has 37 heavy (non-hydrogen) atoms. The van der Waals surface area contributed by atoms with Crippen molar-refractivity contribution in [3.05, 3.63) is 63.8 Å². The second kappa shape index (κ2) is 10.4. The summed E-state index contributed by atoms with van der Waals surface area (Å²) in [6.45, 7) is 5.52. The normalized spacial score (nSPS) is 17.6. The Labute approximate surface area is 211 Å². The van der Waals surface area contributed by atoms with Gasteiger partial charge in [0, 0.05) is 56.5 Å². The topological polar surface area (TPSA) is 74.4 Å². The summed E-state index contributed by atoms with van der Waals surface area (Å²) in [4.78, 5) is 21.4. The second-order valence-corrected chi connectivity index (χ2v) is 9.01. The van der Waals surface area contributed by atoms with Gasteiger partial charge >= 0.3 is 6.36 Å². The van der Waals surface area contributed by atoms with E-state index in [1.54, 1.807) is 19.2 Å². The first-order chi connectivity index (χ1) is 17.6. The van der Waals surface area contributed by atoms with E-state index < -0.39 is 17.9 Å². The lowest BCUT2D eigenvalue weighted by Gasteiger charge is -2.45. The Balaban J connectivity index is 1.64. The summed E-state index contributed by atoms with van der Waals surface area (Å²) in [6, 6.07) is 9.73. The third-order valence-corrected chi connectivity index (χ3v) is 6.87. The van der Waals surface area contributed by atoms with Crippen LogP contribution in [0.25, 0.3) is 11.0 Å². The highest BCUT2D eigenvalue weighted by atomic mass is 19.4. The van der Waals surface area contributed by atoms with E-state index in [1.165, 1.54) is 16.7 Å². The van der Waals surface area contributed by atoms with Gasteiger partial charge in [-0.05, 0) is 31.0 Å². The summed E-state index contributed by atoms with van der Waals surface area (Å²) >= 11 is 0. The van der Waals surface area contributed by atoms with Crippen molar-refractivity contribution in [2.75, 3.05) is 24.5 Å². The van der Waals surface area contributed by atoms with Gasteiger partial charge in [-0.3, -0.25) is 9.69 Å². The zero-order valence-corrected chi connectivity index (χ0v) is 20.7. The predicted octanol–water partition coefficient (Wildman–Crippen LogP) is 4.89. The molecule has 1 aliphatic heterocycles. The first kappa shape index (κ1) is 26.4. The van der Waals surface area contributed by atoms with Crippen LogP contribution in [0.5, 0.6) is 5.75 Å². The third-order valence-electron chi connectivity index (χ3n) is 6.87. The lowest BCUT2D eigenvalue weighted by atomic mass is 9.98. The van der Waals surface area contributed by atoms with Crippen molar-refractivity contribution >= 4 is 16.7 Å². The lowest BCUT2D eigenvalue weighted by Crippen LogP contribution is -2.54. The number of halogens is 4. The monoisotopic (exact) mass is 517 g/mol. The Kier molecular flexibility index (Phi) is 7.41. The minimum atomic E-state index is -4.89. The Bertz CT molecular complexity index is 1400. The zero-order chi connectivity index (χ0) is 26.9. The summed E-state index contributed by atoms with van der Waals surface area (Å²) in [5, 5.41) is 9.35. The molecule has 1 fully saturated rings. The van der Waals surface area contributed by atoms with Crippen LogP contribution in [0.4, 0.5) is 23.2 Å². The average Bonchev–Trinajstić information content (AvgIpc) is 2.86. The molecule has 3 heterocycles. The zero-order valence-electron chi connectivity index (χ0n) is 20.7. The van der Waals surface area contributed by atoms with Crippen molar-refractivity contribution in [3.8, 4) is 11.8 Å². The molecule has 7 nitrogen and oxygen atoms in total. The standard InChI is InChI=1S/C26H27F4N5O2/c1-4-17-15-34(21(5-2)19-8-7-18(12-20(19)27)37-26(28,29)30)10-11-35(17)23-13-24(36)33(3)22-9-6-16(14-31)32-25(22)23/h6-9,12-13,17,21H,4-5,10-11,15H2,1-3H3/t17-,21?/m0/s1. The van der Waals surface area contributed by atoms with Crippen LogP contribution in [-0.2, 0) is 7.05 Å². The Morgan fingerprint density at radius 3 is 2.57 bits per heavy atom. The van der Waals surface area contributed by atoms with Gasteiger partial charge in [0.2, 0.25) is 0 Å². The molecule has 0 amide bonds. The molecule has 2 aromatic heterocycles. The minimum Gasteiger partial charge on any atom is -0.406 e. The Morgan fingerprint density at radius 1 is 1.19 bits per heavy atom. The number of nitriles is 1. The van der Waals surface area contributed by atoms with Crippen molar-refractivity contribution in [2.24, 2.45) is 7.05 Å². The number of anilines is 1. The third kappa shape index (κ3) is 5.39. The molecular formula is C26H27F4N5O2. The number of nitrogens with zero attached hydrogens (tertiary/aromatic N) is 5. The number of fused-ring (bicyclic) bond motifs is 1. The molecule has 0 N–H and O–H groups in total. The highest BCUT2D eigenvalue weighted by Gasteiger charge is 2.34. The highest BCUT2D eigenvalue weighted by molar-refractivity contribution is 5.89. The van der Waals surface area contributed by atoms with Crippen molar-refractivity contribution in [3.63, 3.8) is 0 Å². The van der Waals surface area contributed by atoms with Crippen molar-refractivity contribution in [1.29, 1.82) is 5.26 Å². The largest absolute Gasteiger partial charge is 0.573 e. The van der Waals surface area contributed by atoms with Crippen LogP contribution < -0.4 is 15.2 Å². The van der Waals surface area contributed by atoms with Crippen LogP contribution >= 0.6 is 0 Å². The molecule has 4 rings (SSSR count). The van der Waals surface area contributed by atoms with Crippen LogP contribution in [0, 0.1) is 17.1 Å². The van der Waals surface area contributed by atoms with Gasteiger partial charge in [0.05, 0.1) is 11.2 Å². The molecule has 0 saturated carbocycles. The molecule has 0 radical (unpaired) electrons. The van der Waals surface area contributed by atoms with Crippen LogP contribution in [0.3, 0.4) is 0 Å². The van der Waals surface area contributed by atoms with Crippen LogP contribution in [-0.4, -0.2) is 46.5 Å².